The molecule has 4 aliphatic heterocycles. The number of aryl methyl sites for hydroxylation is 1. The number of allylic oxidation sites excluding steroid dienone is 2. The minimum atomic E-state index is -2.59. The number of hydrogen-bond donors (Lipinski definition) is 8. The normalized spacial score (nSPS) is 28.5. The molecule has 9 N–H and O–H groups in total. The molecule has 1 unspecified atom stereocenters. The minimum absolute atomic E-state index is 0.0137. The summed E-state index contributed by atoms with van der Waals surface area (Å²) in [6.07, 6.45) is 3.50. The standard InChI is InChI=1S/C48H56N4O12S2/c1-28(7-5-10-29-8-3-4-9-30(29)11-6-19-50-2)36-23-52-25-47(60)46(64-42(45(58)59)43(56)48(47,26-53)61-27-66-65-24-37(36)32-18-20-51-22-32)62-34-16-17-35-38(21-34)63-41(44(49)57)39(40(35)55)31-12-14-33(54)15-13-31/h3-5,8-10,12-18,21-22,26,28,36-37,41-43,46,50,52,54-56,60H,6-7,11,19-20,23-25,27H2,1-2H3,(H2,49,57)(H,58,59)/b10-5+/t28-,36-,37+,41?,42-,43+,46+,47-,48-/m0/s1. The fourth-order valence-corrected chi connectivity index (χ4v) is 11.1. The topological polar surface area (TPSA) is 252 Å². The van der Waals surface area contributed by atoms with Gasteiger partial charge in [0.2, 0.25) is 12.4 Å². The maximum absolute atomic E-state index is 13.4. The van der Waals surface area contributed by atoms with Crippen molar-refractivity contribution in [3.8, 4) is 17.2 Å². The highest BCUT2D eigenvalue weighted by molar-refractivity contribution is 8.76. The van der Waals surface area contributed by atoms with Crippen molar-refractivity contribution in [2.75, 3.05) is 44.9 Å². The number of carboxylic acid groups (broad SMARTS) is 1. The number of primary amides is 1. The molecule has 0 saturated carbocycles. The average Bonchev–Trinajstić information content (AvgIpc) is 3.84. The van der Waals surface area contributed by atoms with E-state index in [9.17, 15) is 39.9 Å². The largest absolute Gasteiger partial charge is 0.508 e. The molecule has 352 valence electrons. The van der Waals surface area contributed by atoms with Crippen LogP contribution in [0.4, 0.5) is 0 Å². The average molecular weight is 945 g/mol. The van der Waals surface area contributed by atoms with Crippen molar-refractivity contribution in [1.82, 2.24) is 10.6 Å². The molecule has 0 spiro atoms. The number of carbonyl (C=O) groups is 3. The number of hydrogen-bond acceptors (Lipinski definition) is 16. The number of phenolic OH excluding ortho intramolecular Hbond substituents is 1. The van der Waals surface area contributed by atoms with Crippen LogP contribution in [-0.2, 0) is 30.3 Å². The number of carbonyl (C=O) groups excluding carboxylic acids is 2. The fourth-order valence-electron chi connectivity index (χ4n) is 9.01. The number of nitrogens with one attached hydrogen (secondary N) is 2. The second-order valence-corrected chi connectivity index (χ2v) is 19.2. The maximum atomic E-state index is 13.4. The number of phenols is 1. The molecule has 66 heavy (non-hydrogen) atoms. The van der Waals surface area contributed by atoms with E-state index in [0.717, 1.165) is 30.5 Å². The van der Waals surface area contributed by atoms with Crippen LogP contribution in [0.5, 0.6) is 17.2 Å². The van der Waals surface area contributed by atoms with Gasteiger partial charge in [0.1, 0.15) is 35.1 Å². The minimum Gasteiger partial charge on any atom is -0.508 e. The van der Waals surface area contributed by atoms with E-state index < -0.39 is 54.2 Å². The van der Waals surface area contributed by atoms with Crippen molar-refractivity contribution in [2.45, 2.75) is 62.0 Å². The number of carboxylic acids is 1. The van der Waals surface area contributed by atoms with Crippen LogP contribution in [0.25, 0.3) is 17.4 Å². The number of nitrogens with two attached hydrogens (primary N) is 1. The lowest BCUT2D eigenvalue weighted by atomic mass is 9.73. The van der Waals surface area contributed by atoms with Crippen molar-refractivity contribution < 1.29 is 58.9 Å². The number of aliphatic carboxylic acids is 1. The molecule has 0 aromatic heterocycles. The molecule has 3 aromatic carbocycles. The van der Waals surface area contributed by atoms with E-state index in [1.807, 2.05) is 19.3 Å². The molecule has 0 radical (unpaired) electrons. The SMILES string of the molecule is CNCCCc1ccccc1/C=C/C[C@H](C)[C@@H]1CNC[C@]2(O)[C@H](Oc3ccc4c(c3)OC(C(N)=O)C(c3ccc(O)cc3)=C4O)O[C@H](C(=O)O)[C@@H](O)[C@]2(C=O)OCSSC[C@@H]1C1=CCN=C1. The van der Waals surface area contributed by atoms with E-state index >= 15 is 0 Å². The van der Waals surface area contributed by atoms with Crippen molar-refractivity contribution in [3.05, 3.63) is 107 Å². The maximum Gasteiger partial charge on any atom is 0.335 e. The molecule has 2 fully saturated rings. The summed E-state index contributed by atoms with van der Waals surface area (Å²) in [6, 6.07) is 18.2. The van der Waals surface area contributed by atoms with E-state index in [0.29, 0.717) is 30.8 Å². The summed E-state index contributed by atoms with van der Waals surface area (Å²) in [7, 11) is 4.68. The van der Waals surface area contributed by atoms with E-state index in [4.69, 9.17) is 24.7 Å². The monoisotopic (exact) mass is 944 g/mol. The number of ether oxygens (including phenoxy) is 4. The third kappa shape index (κ3) is 10.2. The van der Waals surface area contributed by atoms with Gasteiger partial charge < -0.3 is 60.8 Å². The molecule has 3 aromatic rings. The number of rotatable bonds is 15. The Morgan fingerprint density at radius 1 is 1.12 bits per heavy atom. The third-order valence-electron chi connectivity index (χ3n) is 12.7. The molecule has 0 bridgehead atoms. The smallest absolute Gasteiger partial charge is 0.335 e. The van der Waals surface area contributed by atoms with Crippen molar-refractivity contribution in [3.63, 3.8) is 0 Å². The number of aliphatic imine (C=N–C) groups is 1. The molecule has 4 aliphatic rings. The van der Waals surface area contributed by atoms with Gasteiger partial charge in [0.25, 0.3) is 5.91 Å². The second-order valence-electron chi connectivity index (χ2n) is 16.8. The van der Waals surface area contributed by atoms with E-state index in [1.54, 1.807) is 0 Å². The first-order valence-corrected chi connectivity index (χ1v) is 24.2. The summed E-state index contributed by atoms with van der Waals surface area (Å²) in [6.45, 7) is 3.49. The summed E-state index contributed by atoms with van der Waals surface area (Å²) < 4.78 is 24.2. The number of aliphatic hydroxyl groups is 3. The predicted octanol–water partition coefficient (Wildman–Crippen LogP) is 4.38. The van der Waals surface area contributed by atoms with Crippen molar-refractivity contribution in [1.29, 1.82) is 0 Å². The van der Waals surface area contributed by atoms with Gasteiger partial charge in [-0.1, -0.05) is 83.1 Å². The molecule has 16 nitrogen and oxygen atoms in total. The quantitative estimate of drug-likeness (QED) is 0.0598. The first kappa shape index (κ1) is 48.7. The van der Waals surface area contributed by atoms with Crippen LogP contribution >= 0.6 is 21.6 Å². The van der Waals surface area contributed by atoms with Gasteiger partial charge in [0.15, 0.2) is 23.6 Å². The van der Waals surface area contributed by atoms with Crippen LogP contribution in [0.1, 0.15) is 42.0 Å². The van der Waals surface area contributed by atoms with Crippen LogP contribution in [0.2, 0.25) is 0 Å². The number of aromatic hydroxyl groups is 1. The lowest BCUT2D eigenvalue weighted by molar-refractivity contribution is -0.340. The van der Waals surface area contributed by atoms with E-state index in [-0.39, 0.29) is 64.1 Å². The van der Waals surface area contributed by atoms with Gasteiger partial charge in [-0.15, -0.1) is 0 Å². The summed E-state index contributed by atoms with van der Waals surface area (Å²) >= 11 is 0. The molecule has 18 heteroatoms. The molecule has 7 rings (SSSR count). The summed E-state index contributed by atoms with van der Waals surface area (Å²) in [4.78, 5) is 43.3. The zero-order valence-corrected chi connectivity index (χ0v) is 38.2. The van der Waals surface area contributed by atoms with Gasteiger partial charge in [-0.25, -0.2) is 4.79 Å². The Labute approximate surface area is 390 Å². The highest BCUT2D eigenvalue weighted by atomic mass is 33.1. The number of amides is 1. The number of β-amino-alcohol motifs (C(OH)–C–C–N with tert-alkyl or cyclic N) is 1. The molecule has 2 saturated heterocycles. The Kier molecular flexibility index (Phi) is 16.0. The first-order valence-electron chi connectivity index (χ1n) is 21.7. The first-order chi connectivity index (χ1) is 31.8. The van der Waals surface area contributed by atoms with Crippen LogP contribution in [0.15, 0.2) is 89.4 Å². The second kappa shape index (κ2) is 21.6. The molecule has 1 amide bonds. The van der Waals surface area contributed by atoms with E-state index in [2.05, 4.69) is 59.0 Å². The molecular formula is C48H56N4O12S2. The van der Waals surface area contributed by atoms with Gasteiger partial charge >= 0.3 is 5.97 Å². The van der Waals surface area contributed by atoms with Crippen LogP contribution in [0.3, 0.4) is 0 Å². The van der Waals surface area contributed by atoms with E-state index in [1.165, 1.54) is 69.6 Å². The van der Waals surface area contributed by atoms with Crippen molar-refractivity contribution >= 4 is 63.4 Å². The van der Waals surface area contributed by atoms with Crippen LogP contribution in [-0.4, -0.2) is 131 Å². The van der Waals surface area contributed by atoms with Crippen LogP contribution < -0.4 is 25.8 Å². The number of benzene rings is 3. The summed E-state index contributed by atoms with van der Waals surface area (Å²) in [5.41, 5.74) is 4.62. The molecule has 9 atom stereocenters. The number of nitrogens with zero attached hydrogens (tertiary/aromatic N) is 1. The fraction of sp³-hybridized carbons (Fsp3) is 0.417. The van der Waals surface area contributed by atoms with Gasteiger partial charge in [-0.05, 0) is 104 Å². The van der Waals surface area contributed by atoms with Crippen molar-refractivity contribution in [2.24, 2.45) is 28.5 Å². The number of fused-ring (bicyclic) bond motifs is 2. The Morgan fingerprint density at radius 3 is 2.62 bits per heavy atom. The lowest BCUT2D eigenvalue weighted by Crippen LogP contribution is -2.80. The Hall–Kier alpha value is -5.18. The van der Waals surface area contributed by atoms with Crippen LogP contribution in [0, 0.1) is 17.8 Å². The Morgan fingerprint density at radius 2 is 1.91 bits per heavy atom. The van der Waals surface area contributed by atoms with Gasteiger partial charge in [-0.2, -0.15) is 0 Å². The summed E-state index contributed by atoms with van der Waals surface area (Å²) in [5.74, 6) is -2.66. The third-order valence-corrected chi connectivity index (χ3v) is 14.7. The van der Waals surface area contributed by atoms with Gasteiger partial charge in [0.05, 0.1) is 17.7 Å². The van der Waals surface area contributed by atoms with Gasteiger partial charge in [0, 0.05) is 24.6 Å². The highest BCUT2D eigenvalue weighted by Crippen LogP contribution is 2.46. The zero-order chi connectivity index (χ0) is 47.0. The Balaban J connectivity index is 1.20. The number of aldehydes is 1. The van der Waals surface area contributed by atoms with Gasteiger partial charge in [-0.3, -0.25) is 14.6 Å². The molecule has 4 heterocycles. The molecule has 0 aliphatic carbocycles. The summed E-state index contributed by atoms with van der Waals surface area (Å²) in [5, 5.41) is 62.7. The number of aliphatic hydroxyl groups excluding tert-OH is 2. The molecular weight excluding hydrogens is 889 g/mol. The lowest BCUT2D eigenvalue weighted by Gasteiger charge is -2.53. The highest BCUT2D eigenvalue weighted by Gasteiger charge is 2.69. The predicted molar refractivity (Wildman–Crippen MR) is 253 cm³/mol. The zero-order valence-electron chi connectivity index (χ0n) is 36.6. The Bertz CT molecular complexity index is 2360.